The van der Waals surface area contributed by atoms with Crippen molar-refractivity contribution in [2.75, 3.05) is 0 Å². The lowest BCUT2D eigenvalue weighted by molar-refractivity contribution is -0.672. The van der Waals surface area contributed by atoms with Crippen LogP contribution in [0.1, 0.15) is 77.0 Å². The molecule has 1 heterocycles. The van der Waals surface area contributed by atoms with Crippen LogP contribution in [0.4, 0.5) is 0 Å². The maximum Gasteiger partial charge on any atom is 0.249 e. The molecule has 1 aromatic heterocycles. The van der Waals surface area contributed by atoms with Gasteiger partial charge in [0.15, 0.2) is 11.0 Å². The first-order chi connectivity index (χ1) is 13.2. The number of benzene rings is 2. The van der Waals surface area contributed by atoms with Gasteiger partial charge >= 0.3 is 0 Å². The minimum Gasteiger partial charge on any atom is -0.229 e. The van der Waals surface area contributed by atoms with Crippen molar-refractivity contribution >= 4 is 11.0 Å². The summed E-state index contributed by atoms with van der Waals surface area (Å²) in [5, 5.41) is 0. The second kappa shape index (κ2) is 6.76. The Bertz CT molecular complexity index is 1020. The van der Waals surface area contributed by atoms with Crippen molar-refractivity contribution < 1.29 is 4.57 Å². The van der Waals surface area contributed by atoms with Crippen LogP contribution in [0, 0.1) is 6.92 Å². The van der Waals surface area contributed by atoms with Crippen molar-refractivity contribution in [3.05, 3.63) is 59.4 Å². The van der Waals surface area contributed by atoms with Crippen LogP contribution in [0.2, 0.25) is 0 Å². The molecule has 4 rings (SSSR count). The van der Waals surface area contributed by atoms with Crippen molar-refractivity contribution in [3.8, 4) is 5.69 Å². The third-order valence-corrected chi connectivity index (χ3v) is 6.60. The molecular formula is C26H35N2+. The number of fused-ring (bicyclic) bond motifs is 2. The summed E-state index contributed by atoms with van der Waals surface area (Å²) in [7, 11) is 0. The Kier molecular flexibility index (Phi) is 4.64. The number of rotatable bonds is 5. The van der Waals surface area contributed by atoms with E-state index in [2.05, 4.69) is 93.4 Å². The minimum absolute atomic E-state index is 0.222. The van der Waals surface area contributed by atoms with E-state index in [-0.39, 0.29) is 10.8 Å². The van der Waals surface area contributed by atoms with Gasteiger partial charge in [-0.3, -0.25) is 0 Å². The van der Waals surface area contributed by atoms with Crippen LogP contribution in [0.25, 0.3) is 16.7 Å². The van der Waals surface area contributed by atoms with E-state index < -0.39 is 0 Å². The highest BCUT2D eigenvalue weighted by Crippen LogP contribution is 2.51. The summed E-state index contributed by atoms with van der Waals surface area (Å²) < 4.78 is 4.83. The standard InChI is InChI=1S/C26H35N2/c1-7-8-11-14-27-18-28(23-13-10-9-12-22(23)27)20-15-19(2)24-21(16-20)25(3,4)17-26(24,5)6/h9-10,12-13,15-16,18H,7-8,11,14,17H2,1-6H3/q+1. The number of hydrogen-bond donors (Lipinski definition) is 0. The van der Waals surface area contributed by atoms with E-state index in [9.17, 15) is 0 Å². The number of imidazole rings is 1. The molecule has 148 valence electrons. The highest BCUT2D eigenvalue weighted by atomic mass is 15.1. The van der Waals surface area contributed by atoms with Gasteiger partial charge in [-0.15, -0.1) is 0 Å². The van der Waals surface area contributed by atoms with E-state index in [1.165, 1.54) is 53.5 Å². The van der Waals surface area contributed by atoms with E-state index in [0.717, 1.165) is 6.54 Å². The van der Waals surface area contributed by atoms with E-state index in [1.807, 2.05) is 0 Å². The summed E-state index contributed by atoms with van der Waals surface area (Å²) >= 11 is 0. The van der Waals surface area contributed by atoms with Crippen LogP contribution in [0.15, 0.2) is 42.7 Å². The lowest BCUT2D eigenvalue weighted by atomic mass is 9.81. The molecule has 0 atom stereocenters. The smallest absolute Gasteiger partial charge is 0.229 e. The molecule has 1 aliphatic carbocycles. The van der Waals surface area contributed by atoms with Gasteiger partial charge in [0.05, 0.1) is 6.54 Å². The van der Waals surface area contributed by atoms with Crippen LogP contribution in [-0.4, -0.2) is 4.57 Å². The summed E-state index contributed by atoms with van der Waals surface area (Å²) in [6.45, 7) is 15.3. The maximum absolute atomic E-state index is 2.46. The fourth-order valence-electron chi connectivity index (χ4n) is 5.72. The highest BCUT2D eigenvalue weighted by Gasteiger charge is 2.43. The first-order valence-electron chi connectivity index (χ1n) is 10.9. The van der Waals surface area contributed by atoms with Gasteiger partial charge in [0.1, 0.15) is 5.69 Å². The van der Waals surface area contributed by atoms with E-state index in [0.29, 0.717) is 0 Å². The molecule has 0 bridgehead atoms. The molecule has 2 nitrogen and oxygen atoms in total. The average molecular weight is 376 g/mol. The molecule has 3 aromatic rings. The van der Waals surface area contributed by atoms with Crippen molar-refractivity contribution in [1.82, 2.24) is 4.57 Å². The lowest BCUT2D eigenvalue weighted by Gasteiger charge is -2.23. The van der Waals surface area contributed by atoms with Crippen LogP contribution < -0.4 is 4.57 Å². The SMILES string of the molecule is CCCCC[n+]1cn(-c2cc(C)c3c(c2)C(C)(C)CC3(C)C)c2ccccc21. The Morgan fingerprint density at radius 3 is 2.50 bits per heavy atom. The van der Waals surface area contributed by atoms with E-state index in [1.54, 1.807) is 5.56 Å². The predicted octanol–water partition coefficient (Wildman–Crippen LogP) is 6.38. The maximum atomic E-state index is 2.46. The zero-order valence-corrected chi connectivity index (χ0v) is 18.5. The van der Waals surface area contributed by atoms with Crippen molar-refractivity contribution in [2.45, 2.75) is 84.6 Å². The zero-order valence-electron chi connectivity index (χ0n) is 18.5. The Morgan fingerprint density at radius 2 is 1.75 bits per heavy atom. The fourth-order valence-corrected chi connectivity index (χ4v) is 5.72. The topological polar surface area (TPSA) is 8.81 Å². The van der Waals surface area contributed by atoms with Gasteiger partial charge in [-0.05, 0) is 78.0 Å². The van der Waals surface area contributed by atoms with Crippen LogP contribution in [-0.2, 0) is 17.4 Å². The Hall–Kier alpha value is -2.09. The number of unbranched alkanes of at least 4 members (excludes halogenated alkanes) is 2. The molecule has 0 unspecified atom stereocenters. The van der Waals surface area contributed by atoms with Crippen LogP contribution in [0.5, 0.6) is 0 Å². The number of nitrogens with zero attached hydrogens (tertiary/aromatic N) is 2. The molecule has 0 spiro atoms. The lowest BCUT2D eigenvalue weighted by Crippen LogP contribution is -2.32. The quantitative estimate of drug-likeness (QED) is 0.361. The third kappa shape index (κ3) is 3.07. The highest BCUT2D eigenvalue weighted by molar-refractivity contribution is 5.74. The molecule has 0 aliphatic heterocycles. The molecule has 28 heavy (non-hydrogen) atoms. The number of aromatic nitrogens is 2. The van der Waals surface area contributed by atoms with Gasteiger partial charge in [0, 0.05) is 0 Å². The minimum atomic E-state index is 0.222. The first-order valence-corrected chi connectivity index (χ1v) is 10.9. The Morgan fingerprint density at radius 1 is 1.00 bits per heavy atom. The van der Waals surface area contributed by atoms with E-state index >= 15 is 0 Å². The molecule has 0 N–H and O–H groups in total. The zero-order chi connectivity index (χ0) is 20.1. The summed E-state index contributed by atoms with van der Waals surface area (Å²) in [5.41, 5.74) is 8.92. The molecule has 0 saturated carbocycles. The monoisotopic (exact) mass is 375 g/mol. The van der Waals surface area contributed by atoms with Gasteiger partial charge in [0.25, 0.3) is 0 Å². The molecule has 1 aliphatic rings. The number of para-hydroxylation sites is 2. The van der Waals surface area contributed by atoms with Gasteiger partial charge in [-0.1, -0.05) is 53.2 Å². The Balaban J connectivity index is 1.87. The second-order valence-electron chi connectivity index (χ2n) is 10.0. The Labute approximate surface area is 170 Å². The summed E-state index contributed by atoms with van der Waals surface area (Å²) in [4.78, 5) is 0. The van der Waals surface area contributed by atoms with Crippen molar-refractivity contribution in [2.24, 2.45) is 0 Å². The summed E-state index contributed by atoms with van der Waals surface area (Å²) in [5.74, 6) is 0. The fraction of sp³-hybridized carbons (Fsp3) is 0.500. The van der Waals surface area contributed by atoms with Gasteiger partial charge in [-0.2, -0.15) is 4.57 Å². The summed E-state index contributed by atoms with van der Waals surface area (Å²) in [6, 6.07) is 13.7. The van der Waals surface area contributed by atoms with E-state index in [4.69, 9.17) is 0 Å². The molecule has 0 radical (unpaired) electrons. The molecular weight excluding hydrogens is 340 g/mol. The van der Waals surface area contributed by atoms with Gasteiger partial charge < -0.3 is 0 Å². The van der Waals surface area contributed by atoms with Gasteiger partial charge in [-0.25, -0.2) is 4.57 Å². The first kappa shape index (κ1) is 19.2. The van der Waals surface area contributed by atoms with Gasteiger partial charge in [0.2, 0.25) is 6.33 Å². The molecule has 0 fully saturated rings. The normalized spacial score (nSPS) is 17.2. The van der Waals surface area contributed by atoms with Crippen LogP contribution in [0.3, 0.4) is 0 Å². The second-order valence-corrected chi connectivity index (χ2v) is 10.0. The number of aryl methyl sites for hydroxylation is 2. The molecule has 0 amide bonds. The van der Waals surface area contributed by atoms with Crippen molar-refractivity contribution in [1.29, 1.82) is 0 Å². The molecule has 2 heteroatoms. The summed E-state index contributed by atoms with van der Waals surface area (Å²) in [6.07, 6.45) is 7.30. The number of hydrogen-bond acceptors (Lipinski definition) is 0. The van der Waals surface area contributed by atoms with Crippen molar-refractivity contribution in [3.63, 3.8) is 0 Å². The average Bonchev–Trinajstić information content (AvgIpc) is 3.07. The third-order valence-electron chi connectivity index (χ3n) is 6.60. The largest absolute Gasteiger partial charge is 0.249 e. The van der Waals surface area contributed by atoms with Crippen LogP contribution >= 0.6 is 0 Å². The molecule has 0 saturated heterocycles. The molecule has 2 aromatic carbocycles. The predicted molar refractivity (Wildman–Crippen MR) is 118 cm³/mol.